The first-order chi connectivity index (χ1) is 17.5. The highest BCUT2D eigenvalue weighted by atomic mass is 16.6. The van der Waals surface area contributed by atoms with Crippen molar-refractivity contribution in [3.63, 3.8) is 0 Å². The van der Waals surface area contributed by atoms with E-state index in [-0.39, 0.29) is 25.4 Å². The van der Waals surface area contributed by atoms with Gasteiger partial charge in [-0.25, -0.2) is 9.59 Å². The Morgan fingerprint density at radius 1 is 0.917 bits per heavy atom. The molecule has 1 amide bonds. The lowest BCUT2D eigenvalue weighted by molar-refractivity contribution is -0.143. The van der Waals surface area contributed by atoms with Crippen molar-refractivity contribution < 1.29 is 29.0 Å². The normalized spacial score (nSPS) is 12.7. The molecule has 0 fully saturated rings. The minimum absolute atomic E-state index is 0.0101. The molecule has 4 rings (SSSR count). The van der Waals surface area contributed by atoms with Gasteiger partial charge in [0, 0.05) is 24.6 Å². The molecule has 1 atom stereocenters. The second-order valence-corrected chi connectivity index (χ2v) is 8.52. The maximum atomic E-state index is 12.7. The number of carbonyl (C=O) groups is 3. The molecular weight excluding hydrogens is 460 g/mol. The van der Waals surface area contributed by atoms with E-state index in [9.17, 15) is 14.4 Å². The summed E-state index contributed by atoms with van der Waals surface area (Å²) >= 11 is 0. The Labute approximate surface area is 209 Å². The zero-order valence-electron chi connectivity index (χ0n) is 19.9. The summed E-state index contributed by atoms with van der Waals surface area (Å²) in [7, 11) is 1.27. The standard InChI is InChI=1S/C28H28N2O6/c1-35-27(33)25(16-18-10-12-19(13-11-18)29-15-14-26(31)32)30-28(34)36-17-24-22-8-4-2-6-20(22)21-7-3-5-9-23(21)24/h2-13,24-25,29H,14-17H2,1H3,(H,30,34)(H,31,32). The van der Waals surface area contributed by atoms with Gasteiger partial charge in [-0.15, -0.1) is 0 Å². The number of carbonyl (C=O) groups excluding carboxylic acids is 2. The van der Waals surface area contributed by atoms with E-state index in [1.165, 1.54) is 7.11 Å². The fourth-order valence-electron chi connectivity index (χ4n) is 4.43. The van der Waals surface area contributed by atoms with Gasteiger partial charge in [0.15, 0.2) is 0 Å². The molecule has 0 aliphatic heterocycles. The maximum Gasteiger partial charge on any atom is 0.407 e. The molecule has 0 saturated carbocycles. The van der Waals surface area contributed by atoms with Crippen molar-refractivity contribution in [3.05, 3.63) is 89.5 Å². The van der Waals surface area contributed by atoms with Crippen LogP contribution in [0.5, 0.6) is 0 Å². The zero-order chi connectivity index (χ0) is 25.5. The van der Waals surface area contributed by atoms with Gasteiger partial charge in [-0.3, -0.25) is 4.79 Å². The number of aliphatic carboxylic acids is 1. The number of methoxy groups -OCH3 is 1. The average molecular weight is 489 g/mol. The van der Waals surface area contributed by atoms with Gasteiger partial charge in [0.1, 0.15) is 12.6 Å². The molecule has 0 saturated heterocycles. The molecule has 36 heavy (non-hydrogen) atoms. The van der Waals surface area contributed by atoms with Crippen molar-refractivity contribution in [2.75, 3.05) is 25.6 Å². The van der Waals surface area contributed by atoms with E-state index < -0.39 is 24.1 Å². The Morgan fingerprint density at radius 3 is 2.11 bits per heavy atom. The molecule has 8 nitrogen and oxygen atoms in total. The molecule has 1 aliphatic carbocycles. The summed E-state index contributed by atoms with van der Waals surface area (Å²) in [5.41, 5.74) is 6.04. The molecular formula is C28H28N2O6. The van der Waals surface area contributed by atoms with Gasteiger partial charge in [0.05, 0.1) is 13.5 Å². The number of benzene rings is 3. The quantitative estimate of drug-likeness (QED) is 0.367. The van der Waals surface area contributed by atoms with E-state index in [0.29, 0.717) is 6.54 Å². The Balaban J connectivity index is 1.37. The van der Waals surface area contributed by atoms with Crippen LogP contribution in [0.4, 0.5) is 10.5 Å². The molecule has 1 unspecified atom stereocenters. The summed E-state index contributed by atoms with van der Waals surface area (Å²) in [5, 5.41) is 14.4. The number of ether oxygens (including phenoxy) is 2. The summed E-state index contributed by atoms with van der Waals surface area (Å²) in [5.74, 6) is -1.53. The largest absolute Gasteiger partial charge is 0.481 e. The van der Waals surface area contributed by atoms with Gasteiger partial charge >= 0.3 is 18.0 Å². The van der Waals surface area contributed by atoms with Crippen molar-refractivity contribution >= 4 is 23.7 Å². The smallest absolute Gasteiger partial charge is 0.407 e. The Bertz CT molecular complexity index is 1200. The first-order valence-electron chi connectivity index (χ1n) is 11.7. The Hall–Kier alpha value is -4.33. The lowest BCUT2D eigenvalue weighted by atomic mass is 9.98. The van der Waals surface area contributed by atoms with E-state index >= 15 is 0 Å². The highest BCUT2D eigenvalue weighted by molar-refractivity contribution is 5.82. The summed E-state index contributed by atoms with van der Waals surface area (Å²) in [6, 6.07) is 22.4. The monoisotopic (exact) mass is 488 g/mol. The molecule has 8 heteroatoms. The Kier molecular flexibility index (Phi) is 7.85. The number of hydrogen-bond acceptors (Lipinski definition) is 6. The third-order valence-corrected chi connectivity index (χ3v) is 6.18. The topological polar surface area (TPSA) is 114 Å². The lowest BCUT2D eigenvalue weighted by Gasteiger charge is -2.19. The second kappa shape index (κ2) is 11.4. The molecule has 3 N–H and O–H groups in total. The molecule has 3 aromatic rings. The number of rotatable bonds is 10. The van der Waals surface area contributed by atoms with E-state index in [1.54, 1.807) is 24.3 Å². The van der Waals surface area contributed by atoms with Crippen LogP contribution >= 0.6 is 0 Å². The molecule has 186 valence electrons. The minimum Gasteiger partial charge on any atom is -0.481 e. The fourth-order valence-corrected chi connectivity index (χ4v) is 4.43. The van der Waals surface area contributed by atoms with Crippen LogP contribution < -0.4 is 10.6 Å². The number of carboxylic acids is 1. The van der Waals surface area contributed by atoms with Crippen molar-refractivity contribution in [2.45, 2.75) is 24.8 Å². The van der Waals surface area contributed by atoms with Gasteiger partial charge < -0.3 is 25.2 Å². The maximum absolute atomic E-state index is 12.7. The third-order valence-electron chi connectivity index (χ3n) is 6.18. The van der Waals surface area contributed by atoms with E-state index in [4.69, 9.17) is 14.6 Å². The highest BCUT2D eigenvalue weighted by Gasteiger charge is 2.30. The van der Waals surface area contributed by atoms with Gasteiger partial charge in [-0.1, -0.05) is 60.7 Å². The molecule has 0 radical (unpaired) electrons. The van der Waals surface area contributed by atoms with Crippen molar-refractivity contribution in [3.8, 4) is 11.1 Å². The SMILES string of the molecule is COC(=O)C(Cc1ccc(NCCC(=O)O)cc1)NC(=O)OCC1c2ccccc2-c2ccccc21. The first-order valence-corrected chi connectivity index (χ1v) is 11.7. The van der Waals surface area contributed by atoms with Gasteiger partial charge in [0.2, 0.25) is 0 Å². The Morgan fingerprint density at radius 2 is 1.53 bits per heavy atom. The van der Waals surface area contributed by atoms with Gasteiger partial charge in [-0.05, 0) is 39.9 Å². The number of carboxylic acid groups (broad SMARTS) is 1. The molecule has 0 heterocycles. The van der Waals surface area contributed by atoms with Crippen LogP contribution in [0, 0.1) is 0 Å². The minimum atomic E-state index is -0.920. The van der Waals surface area contributed by atoms with Crippen LogP contribution in [0.2, 0.25) is 0 Å². The van der Waals surface area contributed by atoms with Gasteiger partial charge in [0.25, 0.3) is 0 Å². The summed E-state index contributed by atoms with van der Waals surface area (Å²) in [4.78, 5) is 35.7. The number of fused-ring (bicyclic) bond motifs is 3. The number of nitrogens with one attached hydrogen (secondary N) is 2. The van der Waals surface area contributed by atoms with Crippen LogP contribution in [0.25, 0.3) is 11.1 Å². The molecule has 3 aromatic carbocycles. The fraction of sp³-hybridized carbons (Fsp3) is 0.250. The van der Waals surface area contributed by atoms with Crippen LogP contribution in [0.3, 0.4) is 0 Å². The zero-order valence-corrected chi connectivity index (χ0v) is 19.9. The van der Waals surface area contributed by atoms with E-state index in [1.807, 2.05) is 36.4 Å². The van der Waals surface area contributed by atoms with E-state index in [0.717, 1.165) is 33.5 Å². The molecule has 0 bridgehead atoms. The summed E-state index contributed by atoms with van der Waals surface area (Å²) in [6.45, 7) is 0.452. The number of alkyl carbamates (subject to hydrolysis) is 1. The number of anilines is 1. The molecule has 0 aromatic heterocycles. The van der Waals surface area contributed by atoms with Crippen molar-refractivity contribution in [2.24, 2.45) is 0 Å². The van der Waals surface area contributed by atoms with Crippen LogP contribution in [-0.4, -0.2) is 49.4 Å². The van der Waals surface area contributed by atoms with Crippen LogP contribution in [-0.2, 0) is 25.5 Å². The number of amides is 1. The molecule has 1 aliphatic rings. The van der Waals surface area contributed by atoms with Crippen LogP contribution in [0.1, 0.15) is 29.0 Å². The summed E-state index contributed by atoms with van der Waals surface area (Å²) < 4.78 is 10.4. The van der Waals surface area contributed by atoms with Crippen LogP contribution in [0.15, 0.2) is 72.8 Å². The predicted molar refractivity (Wildman–Crippen MR) is 135 cm³/mol. The van der Waals surface area contributed by atoms with Gasteiger partial charge in [-0.2, -0.15) is 0 Å². The average Bonchev–Trinajstić information content (AvgIpc) is 3.21. The van der Waals surface area contributed by atoms with Crippen molar-refractivity contribution in [1.29, 1.82) is 0 Å². The second-order valence-electron chi connectivity index (χ2n) is 8.52. The summed E-state index contributed by atoms with van der Waals surface area (Å²) in [6.07, 6.45) is -0.470. The number of esters is 1. The highest BCUT2D eigenvalue weighted by Crippen LogP contribution is 2.44. The lowest BCUT2D eigenvalue weighted by Crippen LogP contribution is -2.43. The predicted octanol–water partition coefficient (Wildman–Crippen LogP) is 4.20. The molecule has 0 spiro atoms. The van der Waals surface area contributed by atoms with Crippen molar-refractivity contribution in [1.82, 2.24) is 5.32 Å². The third kappa shape index (κ3) is 5.83. The van der Waals surface area contributed by atoms with E-state index in [2.05, 4.69) is 22.8 Å². The number of hydrogen-bond donors (Lipinski definition) is 3. The first kappa shape index (κ1) is 24.8.